The van der Waals surface area contributed by atoms with E-state index in [1.54, 1.807) is 11.3 Å². The largest absolute Gasteiger partial charge is 0.387 e. The third-order valence-corrected chi connectivity index (χ3v) is 5.07. The van der Waals surface area contributed by atoms with Gasteiger partial charge in [0.05, 0.1) is 6.10 Å². The van der Waals surface area contributed by atoms with E-state index in [0.717, 1.165) is 23.7 Å². The lowest BCUT2D eigenvalue weighted by molar-refractivity contribution is 0.178. The summed E-state index contributed by atoms with van der Waals surface area (Å²) in [6.45, 7) is 3.13. The summed E-state index contributed by atoms with van der Waals surface area (Å²) in [7, 11) is 0. The molecule has 4 heteroatoms. The summed E-state index contributed by atoms with van der Waals surface area (Å²) in [4.78, 5) is 6.96. The molecule has 102 valence electrons. The fourth-order valence-corrected chi connectivity index (χ4v) is 4.01. The summed E-state index contributed by atoms with van der Waals surface area (Å²) in [5.41, 5.74) is 1.45. The summed E-state index contributed by atoms with van der Waals surface area (Å²) >= 11 is 1.78. The number of hydrogen-bond donors (Lipinski definition) is 1. The fraction of sp³-hybridized carbons (Fsp3) is 0.533. The topological polar surface area (TPSA) is 38.0 Å². The zero-order chi connectivity index (χ0) is 13.2. The molecule has 0 radical (unpaired) electrons. The maximum Gasteiger partial charge on any atom is 0.111 e. The Morgan fingerprint density at radius 1 is 1.47 bits per heavy atom. The van der Waals surface area contributed by atoms with Gasteiger partial charge in [-0.2, -0.15) is 0 Å². The molecule has 0 fully saturated rings. The van der Waals surface area contributed by atoms with Gasteiger partial charge in [0.15, 0.2) is 0 Å². The molecule has 0 saturated carbocycles. The van der Waals surface area contributed by atoms with Crippen LogP contribution in [-0.4, -0.2) is 14.7 Å². The quantitative estimate of drug-likeness (QED) is 0.911. The lowest BCUT2D eigenvalue weighted by atomic mass is 10.1. The van der Waals surface area contributed by atoms with Crippen LogP contribution in [-0.2, 0) is 25.8 Å². The van der Waals surface area contributed by atoms with Crippen LogP contribution in [0.4, 0.5) is 0 Å². The molecule has 0 amide bonds. The van der Waals surface area contributed by atoms with Crippen molar-refractivity contribution in [3.05, 3.63) is 39.6 Å². The first-order chi connectivity index (χ1) is 9.28. The van der Waals surface area contributed by atoms with Crippen LogP contribution in [0.1, 0.15) is 47.0 Å². The molecule has 0 aliphatic heterocycles. The molecule has 0 bridgehead atoms. The normalized spacial score (nSPS) is 15.7. The minimum absolute atomic E-state index is 0.409. The summed E-state index contributed by atoms with van der Waals surface area (Å²) in [6, 6.07) is 2.20. The van der Waals surface area contributed by atoms with E-state index in [1.165, 1.54) is 29.7 Å². The molecule has 19 heavy (non-hydrogen) atoms. The van der Waals surface area contributed by atoms with E-state index in [4.69, 9.17) is 0 Å². The molecule has 1 atom stereocenters. The van der Waals surface area contributed by atoms with Crippen LogP contribution in [0.5, 0.6) is 0 Å². The smallest absolute Gasteiger partial charge is 0.111 e. The van der Waals surface area contributed by atoms with Gasteiger partial charge in [-0.25, -0.2) is 4.98 Å². The van der Waals surface area contributed by atoms with Gasteiger partial charge in [0.2, 0.25) is 0 Å². The Balaban J connectivity index is 1.73. The van der Waals surface area contributed by atoms with Crippen LogP contribution in [0.15, 0.2) is 18.5 Å². The molecule has 2 heterocycles. The van der Waals surface area contributed by atoms with E-state index >= 15 is 0 Å². The number of thiophene rings is 1. The predicted molar refractivity (Wildman–Crippen MR) is 77.5 cm³/mol. The Morgan fingerprint density at radius 3 is 3.16 bits per heavy atom. The molecule has 3 rings (SSSR count). The number of hydrogen-bond acceptors (Lipinski definition) is 3. The van der Waals surface area contributed by atoms with Crippen molar-refractivity contribution in [2.45, 2.75) is 51.7 Å². The van der Waals surface area contributed by atoms with E-state index < -0.39 is 6.10 Å². The predicted octanol–water partition coefficient (Wildman–Crippen LogP) is 3.12. The van der Waals surface area contributed by atoms with Gasteiger partial charge >= 0.3 is 0 Å². The van der Waals surface area contributed by atoms with E-state index in [2.05, 4.69) is 22.5 Å². The molecule has 2 aromatic rings. The number of nitrogens with zero attached hydrogens (tertiary/aromatic N) is 2. The Hall–Kier alpha value is -1.13. The van der Waals surface area contributed by atoms with Gasteiger partial charge in [-0.15, -0.1) is 11.3 Å². The van der Waals surface area contributed by atoms with Crippen molar-refractivity contribution in [1.82, 2.24) is 9.55 Å². The van der Waals surface area contributed by atoms with Gasteiger partial charge in [0.1, 0.15) is 5.82 Å². The first kappa shape index (κ1) is 12.9. The Bertz CT molecular complexity index is 537. The number of aliphatic hydroxyl groups excluding tert-OH is 1. The number of imidazole rings is 1. The number of aryl methyl sites for hydroxylation is 3. The molecule has 0 spiro atoms. The standard InChI is InChI=1S/C15H20N2OS/c1-2-7-17-8-6-16-15(17)10-12(18)14-9-11-4-3-5-13(11)19-14/h6,8-9,12,18H,2-5,7,10H2,1H3. The van der Waals surface area contributed by atoms with Crippen LogP contribution in [0.2, 0.25) is 0 Å². The SMILES string of the molecule is CCCn1ccnc1CC(O)c1cc2c(s1)CCC2. The second-order valence-electron chi connectivity index (χ2n) is 5.21. The molecular formula is C15H20N2OS. The van der Waals surface area contributed by atoms with Crippen LogP contribution in [0, 0.1) is 0 Å². The molecule has 0 saturated heterocycles. The van der Waals surface area contributed by atoms with Crippen molar-refractivity contribution in [2.24, 2.45) is 0 Å². The fourth-order valence-electron chi connectivity index (χ4n) is 2.76. The van der Waals surface area contributed by atoms with Crippen LogP contribution >= 0.6 is 11.3 Å². The number of fused-ring (bicyclic) bond motifs is 1. The van der Waals surface area contributed by atoms with Gasteiger partial charge in [-0.3, -0.25) is 0 Å². The van der Waals surface area contributed by atoms with E-state index in [9.17, 15) is 5.11 Å². The van der Waals surface area contributed by atoms with Crippen molar-refractivity contribution in [1.29, 1.82) is 0 Å². The van der Waals surface area contributed by atoms with Crippen molar-refractivity contribution in [3.8, 4) is 0 Å². The van der Waals surface area contributed by atoms with Crippen molar-refractivity contribution in [2.75, 3.05) is 0 Å². The first-order valence-electron chi connectivity index (χ1n) is 7.07. The third-order valence-electron chi connectivity index (χ3n) is 3.74. The summed E-state index contributed by atoms with van der Waals surface area (Å²) in [6.07, 6.45) is 8.78. The van der Waals surface area contributed by atoms with E-state index in [-0.39, 0.29) is 0 Å². The van der Waals surface area contributed by atoms with Gasteiger partial charge < -0.3 is 9.67 Å². The molecular weight excluding hydrogens is 256 g/mol. The van der Waals surface area contributed by atoms with Gasteiger partial charge in [-0.05, 0) is 37.3 Å². The first-order valence-corrected chi connectivity index (χ1v) is 7.89. The molecule has 0 aromatic carbocycles. The highest BCUT2D eigenvalue weighted by Gasteiger charge is 2.20. The van der Waals surface area contributed by atoms with Crippen LogP contribution in [0.25, 0.3) is 0 Å². The minimum Gasteiger partial charge on any atom is -0.387 e. The lowest BCUT2D eigenvalue weighted by Gasteiger charge is -2.10. The van der Waals surface area contributed by atoms with Gasteiger partial charge in [0.25, 0.3) is 0 Å². The lowest BCUT2D eigenvalue weighted by Crippen LogP contribution is -2.08. The molecule has 2 aromatic heterocycles. The average Bonchev–Trinajstić information content (AvgIpc) is 3.04. The highest BCUT2D eigenvalue weighted by molar-refractivity contribution is 7.12. The summed E-state index contributed by atoms with van der Waals surface area (Å²) in [5.74, 6) is 0.989. The van der Waals surface area contributed by atoms with Crippen molar-refractivity contribution < 1.29 is 5.11 Å². The Labute approximate surface area is 117 Å². The number of aliphatic hydroxyl groups is 1. The Morgan fingerprint density at radius 2 is 2.37 bits per heavy atom. The molecule has 1 aliphatic carbocycles. The van der Waals surface area contributed by atoms with E-state index in [1.807, 2.05) is 12.4 Å². The van der Waals surface area contributed by atoms with Crippen molar-refractivity contribution in [3.63, 3.8) is 0 Å². The van der Waals surface area contributed by atoms with Crippen LogP contribution < -0.4 is 0 Å². The second-order valence-corrected chi connectivity index (χ2v) is 6.38. The number of rotatable bonds is 5. The van der Waals surface area contributed by atoms with Gasteiger partial charge in [0, 0.05) is 35.1 Å². The molecule has 1 N–H and O–H groups in total. The third kappa shape index (κ3) is 2.60. The number of aromatic nitrogens is 2. The van der Waals surface area contributed by atoms with Crippen molar-refractivity contribution >= 4 is 11.3 Å². The summed E-state index contributed by atoms with van der Waals surface area (Å²) < 4.78 is 2.14. The molecule has 1 aliphatic rings. The van der Waals surface area contributed by atoms with Crippen LogP contribution in [0.3, 0.4) is 0 Å². The highest BCUT2D eigenvalue weighted by atomic mass is 32.1. The Kier molecular flexibility index (Phi) is 3.71. The van der Waals surface area contributed by atoms with Gasteiger partial charge in [-0.1, -0.05) is 6.92 Å². The highest BCUT2D eigenvalue weighted by Crippen LogP contribution is 2.34. The summed E-state index contributed by atoms with van der Waals surface area (Å²) in [5, 5.41) is 10.4. The zero-order valence-electron chi connectivity index (χ0n) is 11.3. The molecule has 3 nitrogen and oxygen atoms in total. The second kappa shape index (κ2) is 5.47. The zero-order valence-corrected chi connectivity index (χ0v) is 12.1. The van der Waals surface area contributed by atoms with E-state index in [0.29, 0.717) is 6.42 Å². The minimum atomic E-state index is -0.409. The monoisotopic (exact) mass is 276 g/mol. The maximum absolute atomic E-state index is 10.4. The average molecular weight is 276 g/mol. The molecule has 1 unspecified atom stereocenters. The maximum atomic E-state index is 10.4.